The van der Waals surface area contributed by atoms with Gasteiger partial charge in [-0.25, -0.2) is 18.1 Å². The monoisotopic (exact) mass is 504 g/mol. The van der Waals surface area contributed by atoms with Crippen molar-refractivity contribution in [3.8, 4) is 6.07 Å². The van der Waals surface area contributed by atoms with Gasteiger partial charge in [0.15, 0.2) is 0 Å². The number of imide groups is 1. The number of imidazole rings is 1. The predicted molar refractivity (Wildman–Crippen MR) is 132 cm³/mol. The van der Waals surface area contributed by atoms with Crippen LogP contribution in [-0.2, 0) is 30.0 Å². The number of hydrogen-bond donors (Lipinski definition) is 1. The summed E-state index contributed by atoms with van der Waals surface area (Å²) in [5.74, 6) is -1.37. The summed E-state index contributed by atoms with van der Waals surface area (Å²) in [7, 11) is -1.93. The van der Waals surface area contributed by atoms with Gasteiger partial charge >= 0.3 is 0 Å². The lowest BCUT2D eigenvalue weighted by molar-refractivity contribution is 0.0664. The van der Waals surface area contributed by atoms with Crippen LogP contribution in [0.3, 0.4) is 0 Å². The van der Waals surface area contributed by atoms with Crippen molar-refractivity contribution in [2.75, 3.05) is 23.7 Å². The lowest BCUT2D eigenvalue weighted by Gasteiger charge is -2.36. The number of benzene rings is 2. The van der Waals surface area contributed by atoms with Gasteiger partial charge in [0.1, 0.15) is 0 Å². The number of amides is 2. The smallest absolute Gasteiger partial charge is 0.261 e. The first-order chi connectivity index (χ1) is 17.3. The molecule has 0 saturated carbocycles. The Morgan fingerprint density at radius 3 is 2.50 bits per heavy atom. The van der Waals surface area contributed by atoms with Crippen molar-refractivity contribution in [2.24, 2.45) is 7.05 Å². The van der Waals surface area contributed by atoms with E-state index in [2.05, 4.69) is 20.7 Å². The highest BCUT2D eigenvalue weighted by Crippen LogP contribution is 2.30. The zero-order valence-corrected chi connectivity index (χ0v) is 20.4. The summed E-state index contributed by atoms with van der Waals surface area (Å²) in [5.41, 5.74) is 3.85. The van der Waals surface area contributed by atoms with Crippen LogP contribution >= 0.6 is 0 Å². The molecule has 11 heteroatoms. The Morgan fingerprint density at radius 1 is 1.14 bits per heavy atom. The van der Waals surface area contributed by atoms with Gasteiger partial charge in [0, 0.05) is 38.1 Å². The number of nitrogens with one attached hydrogen (secondary N) is 1. The van der Waals surface area contributed by atoms with Crippen molar-refractivity contribution >= 4 is 27.5 Å². The van der Waals surface area contributed by atoms with Gasteiger partial charge in [0.25, 0.3) is 11.8 Å². The molecule has 3 aromatic rings. The minimum absolute atomic E-state index is 0.234. The van der Waals surface area contributed by atoms with Gasteiger partial charge in [-0.1, -0.05) is 12.1 Å². The fourth-order valence-electron chi connectivity index (χ4n) is 4.75. The Bertz CT molecular complexity index is 1470. The van der Waals surface area contributed by atoms with E-state index in [9.17, 15) is 23.3 Å². The third-order valence-corrected chi connectivity index (χ3v) is 7.95. The van der Waals surface area contributed by atoms with Gasteiger partial charge in [-0.3, -0.25) is 14.5 Å². The first-order valence-electron chi connectivity index (χ1n) is 11.4. The Morgan fingerprint density at radius 2 is 1.86 bits per heavy atom. The van der Waals surface area contributed by atoms with Crippen LogP contribution in [0.2, 0.25) is 0 Å². The van der Waals surface area contributed by atoms with Crippen molar-refractivity contribution in [2.45, 2.75) is 19.0 Å². The lowest BCUT2D eigenvalue weighted by atomic mass is 9.96. The normalized spacial score (nSPS) is 17.2. The molecule has 1 unspecified atom stereocenters. The Labute approximate surface area is 208 Å². The number of rotatable bonds is 7. The molecule has 1 aromatic heterocycles. The summed E-state index contributed by atoms with van der Waals surface area (Å²) < 4.78 is 30.7. The topological polar surface area (TPSA) is 128 Å². The van der Waals surface area contributed by atoms with Gasteiger partial charge in [0.05, 0.1) is 47.1 Å². The van der Waals surface area contributed by atoms with E-state index in [-0.39, 0.29) is 17.7 Å². The number of aromatic nitrogens is 2. The molecule has 0 spiro atoms. The standard InChI is InChI=1S/C25H24N6O4S/c1-29-16-27-13-20(29)15-30-14-19(11-18-10-17(12-26)6-7-23(18)30)28-36(34,35)9-8-31-24(32)21-4-2-3-5-22(21)25(31)33/h2-7,10,13,16,19,28H,8-9,11,14-15H2,1H3. The van der Waals surface area contributed by atoms with E-state index >= 15 is 0 Å². The maximum absolute atomic E-state index is 13.0. The Kier molecular flexibility index (Phi) is 6.07. The molecule has 2 aliphatic rings. The Hall–Kier alpha value is -4.01. The molecule has 0 radical (unpaired) electrons. The zero-order valence-electron chi connectivity index (χ0n) is 19.6. The van der Waals surface area contributed by atoms with E-state index in [1.165, 1.54) is 0 Å². The molecule has 2 amide bonds. The van der Waals surface area contributed by atoms with Gasteiger partial charge in [-0.2, -0.15) is 5.26 Å². The highest BCUT2D eigenvalue weighted by atomic mass is 32.2. The van der Waals surface area contributed by atoms with Crippen molar-refractivity contribution in [3.05, 3.63) is 82.9 Å². The fraction of sp³-hybridized carbons (Fsp3) is 0.280. The van der Waals surface area contributed by atoms with Crippen molar-refractivity contribution < 1.29 is 18.0 Å². The minimum Gasteiger partial charge on any atom is -0.364 e. The molecule has 10 nitrogen and oxygen atoms in total. The van der Waals surface area contributed by atoms with Crippen LogP contribution in [0, 0.1) is 11.3 Å². The number of carbonyl (C=O) groups is 2. The van der Waals surface area contributed by atoms with Crippen LogP contribution in [0.25, 0.3) is 0 Å². The first kappa shape index (κ1) is 23.7. The molecule has 2 aliphatic heterocycles. The van der Waals surface area contributed by atoms with Gasteiger partial charge in [-0.15, -0.1) is 0 Å². The molecular weight excluding hydrogens is 480 g/mol. The van der Waals surface area contributed by atoms with E-state index in [1.54, 1.807) is 48.9 Å². The molecule has 0 saturated heterocycles. The zero-order chi connectivity index (χ0) is 25.4. The average Bonchev–Trinajstić information content (AvgIpc) is 3.37. The highest BCUT2D eigenvalue weighted by Gasteiger charge is 2.36. The van der Waals surface area contributed by atoms with E-state index < -0.39 is 33.6 Å². The third-order valence-electron chi connectivity index (χ3n) is 6.53. The molecule has 3 heterocycles. The number of hydrogen-bond acceptors (Lipinski definition) is 7. The predicted octanol–water partition coefficient (Wildman–Crippen LogP) is 1.44. The number of nitriles is 1. The van der Waals surface area contributed by atoms with Crippen LogP contribution in [-0.4, -0.2) is 59.6 Å². The average molecular weight is 505 g/mol. The molecule has 0 bridgehead atoms. The molecule has 36 heavy (non-hydrogen) atoms. The first-order valence-corrected chi connectivity index (χ1v) is 13.1. The quantitative estimate of drug-likeness (QED) is 0.482. The molecule has 1 atom stereocenters. The van der Waals surface area contributed by atoms with Crippen LogP contribution in [0.5, 0.6) is 0 Å². The molecule has 184 valence electrons. The summed E-state index contributed by atoms with van der Waals surface area (Å²) >= 11 is 0. The van der Waals surface area contributed by atoms with E-state index in [4.69, 9.17) is 0 Å². The summed E-state index contributed by atoms with van der Waals surface area (Å²) in [4.78, 5) is 32.4. The van der Waals surface area contributed by atoms with E-state index in [0.717, 1.165) is 21.8 Å². The molecule has 1 N–H and O–H groups in total. The maximum Gasteiger partial charge on any atom is 0.261 e. The summed E-state index contributed by atoms with van der Waals surface area (Å²) in [5, 5.41) is 9.34. The minimum atomic E-state index is -3.82. The van der Waals surface area contributed by atoms with Crippen molar-refractivity contribution in [1.29, 1.82) is 5.26 Å². The number of nitrogens with zero attached hydrogens (tertiary/aromatic N) is 5. The largest absolute Gasteiger partial charge is 0.364 e. The van der Waals surface area contributed by atoms with Crippen molar-refractivity contribution in [1.82, 2.24) is 19.2 Å². The highest BCUT2D eigenvalue weighted by molar-refractivity contribution is 7.89. The Balaban J connectivity index is 1.31. The second kappa shape index (κ2) is 9.22. The summed E-state index contributed by atoms with van der Waals surface area (Å²) in [6.07, 6.45) is 3.89. The third kappa shape index (κ3) is 4.48. The SMILES string of the molecule is Cn1cncc1CN1CC(NS(=O)(=O)CCN2C(=O)c3ccccc3C2=O)Cc2cc(C#N)ccc21. The van der Waals surface area contributed by atoms with Crippen LogP contribution in [0.15, 0.2) is 55.0 Å². The summed E-state index contributed by atoms with van der Waals surface area (Å²) in [6, 6.07) is 13.6. The van der Waals surface area contributed by atoms with Crippen LogP contribution in [0.4, 0.5) is 5.69 Å². The fourth-order valence-corrected chi connectivity index (χ4v) is 5.96. The van der Waals surface area contributed by atoms with Crippen LogP contribution in [0.1, 0.15) is 37.5 Å². The number of aryl methyl sites for hydroxylation is 1. The molecule has 0 aliphatic carbocycles. The molecule has 2 aromatic carbocycles. The number of carbonyl (C=O) groups excluding carboxylic acids is 2. The van der Waals surface area contributed by atoms with Gasteiger partial charge < -0.3 is 9.47 Å². The molecular formula is C25H24N6O4S. The lowest BCUT2D eigenvalue weighted by Crippen LogP contribution is -2.49. The summed E-state index contributed by atoms with van der Waals surface area (Å²) in [6.45, 7) is 0.696. The number of fused-ring (bicyclic) bond motifs is 2. The van der Waals surface area contributed by atoms with Gasteiger partial charge in [-0.05, 0) is 42.3 Å². The second-order valence-electron chi connectivity index (χ2n) is 8.98. The van der Waals surface area contributed by atoms with Gasteiger partial charge in [0.2, 0.25) is 10.0 Å². The number of anilines is 1. The maximum atomic E-state index is 13.0. The number of sulfonamides is 1. The van der Waals surface area contributed by atoms with Crippen molar-refractivity contribution in [3.63, 3.8) is 0 Å². The van der Waals surface area contributed by atoms with Crippen LogP contribution < -0.4 is 9.62 Å². The van der Waals surface area contributed by atoms with E-state index in [0.29, 0.717) is 25.1 Å². The second-order valence-corrected chi connectivity index (χ2v) is 10.9. The van der Waals surface area contributed by atoms with E-state index in [1.807, 2.05) is 17.7 Å². The molecule has 5 rings (SSSR count). The molecule has 0 fully saturated rings.